The third kappa shape index (κ3) is 3.21. The van der Waals surface area contributed by atoms with Crippen molar-refractivity contribution in [3.63, 3.8) is 0 Å². The summed E-state index contributed by atoms with van der Waals surface area (Å²) < 4.78 is 13.1. The van der Waals surface area contributed by atoms with Crippen molar-refractivity contribution in [2.24, 2.45) is 0 Å². The van der Waals surface area contributed by atoms with Gasteiger partial charge in [-0.25, -0.2) is 9.18 Å². The van der Waals surface area contributed by atoms with Crippen molar-refractivity contribution in [2.45, 2.75) is 24.9 Å². The van der Waals surface area contributed by atoms with Crippen molar-refractivity contribution in [3.8, 4) is 0 Å². The van der Waals surface area contributed by atoms with Crippen LogP contribution in [0.3, 0.4) is 0 Å². The van der Waals surface area contributed by atoms with Crippen LogP contribution in [-0.4, -0.2) is 31.8 Å². The number of nitrogens with zero attached hydrogens (tertiary/aromatic N) is 4. The minimum absolute atomic E-state index is 0.0670. The number of benzene rings is 2. The van der Waals surface area contributed by atoms with Crippen LogP contribution in [0.2, 0.25) is 0 Å². The average Bonchev–Trinajstić information content (AvgIpc) is 3.23. The lowest BCUT2D eigenvalue weighted by Crippen LogP contribution is -2.41. The molecule has 5 rings (SSSR count). The molecule has 31 heavy (non-hydrogen) atoms. The predicted octanol–water partition coefficient (Wildman–Crippen LogP) is 2.23. The van der Waals surface area contributed by atoms with E-state index in [4.69, 9.17) is 5.73 Å². The molecular weight excluding hydrogens is 401 g/mol. The SMILES string of the molecule is Nc1nc(CN2C(=O)N[C@]3(CCc4ccccc43)C2=O)nc(Nc2ccc(F)cc2)n1. The Bertz CT molecular complexity index is 1200. The van der Waals surface area contributed by atoms with Gasteiger partial charge < -0.3 is 16.4 Å². The molecule has 0 saturated carbocycles. The Morgan fingerprint density at radius 3 is 2.68 bits per heavy atom. The van der Waals surface area contributed by atoms with Gasteiger partial charge >= 0.3 is 6.03 Å². The smallest absolute Gasteiger partial charge is 0.325 e. The highest BCUT2D eigenvalue weighted by molar-refractivity contribution is 6.08. The molecule has 0 unspecified atom stereocenters. The number of imide groups is 1. The molecule has 1 aliphatic carbocycles. The van der Waals surface area contributed by atoms with E-state index >= 15 is 0 Å². The summed E-state index contributed by atoms with van der Waals surface area (Å²) in [5.41, 5.74) is 7.16. The summed E-state index contributed by atoms with van der Waals surface area (Å²) in [5, 5.41) is 5.77. The van der Waals surface area contributed by atoms with Gasteiger partial charge in [0.2, 0.25) is 11.9 Å². The van der Waals surface area contributed by atoms with Gasteiger partial charge in [0.05, 0.1) is 6.54 Å². The van der Waals surface area contributed by atoms with E-state index in [9.17, 15) is 14.0 Å². The van der Waals surface area contributed by atoms with Gasteiger partial charge in [0.1, 0.15) is 11.4 Å². The number of carbonyl (C=O) groups is 2. The quantitative estimate of drug-likeness (QED) is 0.554. The zero-order valence-electron chi connectivity index (χ0n) is 16.3. The second-order valence-electron chi connectivity index (χ2n) is 7.45. The van der Waals surface area contributed by atoms with Crippen LogP contribution in [0.5, 0.6) is 0 Å². The Kier molecular flexibility index (Phi) is 4.28. The lowest BCUT2D eigenvalue weighted by Gasteiger charge is -2.22. The number of nitrogens with two attached hydrogens (primary N) is 1. The van der Waals surface area contributed by atoms with Crippen molar-refractivity contribution >= 4 is 29.5 Å². The predicted molar refractivity (Wildman–Crippen MR) is 109 cm³/mol. The summed E-state index contributed by atoms with van der Waals surface area (Å²) in [4.78, 5) is 39.4. The molecule has 9 nitrogen and oxygen atoms in total. The molecule has 1 aromatic heterocycles. The zero-order chi connectivity index (χ0) is 21.6. The van der Waals surface area contributed by atoms with Crippen LogP contribution < -0.4 is 16.4 Å². The molecule has 10 heteroatoms. The minimum Gasteiger partial charge on any atom is -0.368 e. The first-order valence-electron chi connectivity index (χ1n) is 9.70. The van der Waals surface area contributed by atoms with Gasteiger partial charge in [-0.1, -0.05) is 24.3 Å². The number of aryl methyl sites for hydroxylation is 1. The van der Waals surface area contributed by atoms with E-state index in [0.29, 0.717) is 18.5 Å². The molecule has 0 bridgehead atoms. The van der Waals surface area contributed by atoms with Crippen molar-refractivity contribution < 1.29 is 14.0 Å². The number of anilines is 3. The maximum atomic E-state index is 13.3. The Hall–Kier alpha value is -4.08. The van der Waals surface area contributed by atoms with Crippen LogP contribution in [0, 0.1) is 5.82 Å². The Morgan fingerprint density at radius 1 is 1.10 bits per heavy atom. The second kappa shape index (κ2) is 7.01. The molecule has 1 atom stereocenters. The van der Waals surface area contributed by atoms with Crippen LogP contribution in [0.4, 0.5) is 26.8 Å². The van der Waals surface area contributed by atoms with E-state index in [0.717, 1.165) is 16.0 Å². The lowest BCUT2D eigenvalue weighted by atomic mass is 9.92. The van der Waals surface area contributed by atoms with Gasteiger partial charge in [-0.2, -0.15) is 15.0 Å². The molecule has 0 radical (unpaired) electrons. The molecule has 1 fully saturated rings. The number of amides is 3. The molecular formula is C21H18FN7O2. The monoisotopic (exact) mass is 419 g/mol. The van der Waals surface area contributed by atoms with Crippen molar-refractivity contribution in [2.75, 3.05) is 11.1 Å². The fourth-order valence-corrected chi connectivity index (χ4v) is 4.10. The number of fused-ring (bicyclic) bond motifs is 2. The second-order valence-corrected chi connectivity index (χ2v) is 7.45. The standard InChI is InChI=1S/C21H18FN7O2/c22-13-5-7-14(8-6-13)24-19-26-16(25-18(23)27-19)11-29-17(30)21(28-20(29)31)10-9-12-3-1-2-4-15(12)21/h1-8H,9-11H2,(H,28,31)(H3,23,24,25,26,27)/t21-/m0/s1. The van der Waals surface area contributed by atoms with E-state index in [1.807, 2.05) is 24.3 Å². The van der Waals surface area contributed by atoms with Gasteiger partial charge in [-0.3, -0.25) is 9.69 Å². The summed E-state index contributed by atoms with van der Waals surface area (Å²) in [6.45, 7) is -0.153. The van der Waals surface area contributed by atoms with Gasteiger partial charge in [0, 0.05) is 5.69 Å². The fraction of sp³-hybridized carbons (Fsp3) is 0.190. The molecule has 3 aromatic rings. The highest BCUT2D eigenvalue weighted by Crippen LogP contribution is 2.41. The summed E-state index contributed by atoms with van der Waals surface area (Å²) >= 11 is 0. The van der Waals surface area contributed by atoms with Crippen LogP contribution in [0.15, 0.2) is 48.5 Å². The van der Waals surface area contributed by atoms with Crippen LogP contribution in [-0.2, 0) is 23.3 Å². The summed E-state index contributed by atoms with van der Waals surface area (Å²) in [5.74, 6) is -0.495. The van der Waals surface area contributed by atoms with E-state index < -0.39 is 11.6 Å². The number of aromatic nitrogens is 3. The Morgan fingerprint density at radius 2 is 1.87 bits per heavy atom. The summed E-state index contributed by atoms with van der Waals surface area (Å²) in [7, 11) is 0. The molecule has 1 aliphatic heterocycles. The van der Waals surface area contributed by atoms with E-state index in [-0.39, 0.29) is 36.0 Å². The van der Waals surface area contributed by atoms with E-state index in [1.165, 1.54) is 24.3 Å². The first kappa shape index (κ1) is 18.9. The molecule has 2 heterocycles. The molecule has 3 amide bonds. The van der Waals surface area contributed by atoms with Gasteiger partial charge in [0.15, 0.2) is 5.82 Å². The largest absolute Gasteiger partial charge is 0.368 e. The lowest BCUT2D eigenvalue weighted by molar-refractivity contribution is -0.132. The number of rotatable bonds is 4. The fourth-order valence-electron chi connectivity index (χ4n) is 4.10. The first-order valence-corrected chi connectivity index (χ1v) is 9.70. The van der Waals surface area contributed by atoms with Gasteiger partial charge in [-0.05, 0) is 48.2 Å². The maximum Gasteiger partial charge on any atom is 0.325 e. The van der Waals surface area contributed by atoms with Crippen molar-refractivity contribution in [1.29, 1.82) is 0 Å². The molecule has 1 saturated heterocycles. The molecule has 156 valence electrons. The van der Waals surface area contributed by atoms with Crippen molar-refractivity contribution in [3.05, 3.63) is 71.3 Å². The van der Waals surface area contributed by atoms with E-state index in [1.54, 1.807) is 0 Å². The van der Waals surface area contributed by atoms with Crippen LogP contribution in [0.25, 0.3) is 0 Å². The number of hydrogen-bond acceptors (Lipinski definition) is 7. The number of hydrogen-bond donors (Lipinski definition) is 3. The highest BCUT2D eigenvalue weighted by atomic mass is 19.1. The van der Waals surface area contributed by atoms with Gasteiger partial charge in [0.25, 0.3) is 5.91 Å². The highest BCUT2D eigenvalue weighted by Gasteiger charge is 2.55. The third-order valence-corrected chi connectivity index (χ3v) is 5.52. The maximum absolute atomic E-state index is 13.3. The molecule has 2 aliphatic rings. The average molecular weight is 419 g/mol. The zero-order valence-corrected chi connectivity index (χ0v) is 16.3. The number of carbonyl (C=O) groups excluding carboxylic acids is 2. The Balaban J connectivity index is 1.40. The van der Waals surface area contributed by atoms with Crippen molar-refractivity contribution in [1.82, 2.24) is 25.2 Å². The van der Waals surface area contributed by atoms with E-state index in [2.05, 4.69) is 25.6 Å². The molecule has 4 N–H and O–H groups in total. The minimum atomic E-state index is -1.05. The molecule has 1 spiro atoms. The normalized spacial score (nSPS) is 19.6. The summed E-state index contributed by atoms with van der Waals surface area (Å²) in [6.07, 6.45) is 1.21. The van der Waals surface area contributed by atoms with Crippen LogP contribution in [0.1, 0.15) is 23.4 Å². The summed E-state index contributed by atoms with van der Waals surface area (Å²) in [6, 6.07) is 12.7. The number of halogens is 1. The number of urea groups is 1. The number of nitrogens with one attached hydrogen (secondary N) is 2. The van der Waals surface area contributed by atoms with Gasteiger partial charge in [-0.15, -0.1) is 0 Å². The molecule has 2 aromatic carbocycles. The number of nitrogen functional groups attached to an aromatic ring is 1. The Labute approximate surface area is 176 Å². The first-order chi connectivity index (χ1) is 14.9. The third-order valence-electron chi connectivity index (χ3n) is 5.52. The topological polar surface area (TPSA) is 126 Å². The van der Waals surface area contributed by atoms with Crippen LogP contribution >= 0.6 is 0 Å².